The summed E-state index contributed by atoms with van der Waals surface area (Å²) in [7, 11) is 1.70. The quantitative estimate of drug-likeness (QED) is 0.722. The van der Waals surface area contributed by atoms with Crippen molar-refractivity contribution in [2.45, 2.75) is 6.92 Å². The maximum atomic E-state index is 12.4. The molecule has 0 spiro atoms. The molecule has 6 heteroatoms. The zero-order valence-corrected chi connectivity index (χ0v) is 11.2. The molecule has 1 aromatic carbocycles. The van der Waals surface area contributed by atoms with Gasteiger partial charge >= 0.3 is 0 Å². The lowest BCUT2D eigenvalue weighted by Gasteiger charge is -2.11. The Morgan fingerprint density at radius 1 is 1.32 bits per heavy atom. The number of amidine groups is 1. The van der Waals surface area contributed by atoms with Crippen LogP contribution in [0.4, 0.5) is 5.69 Å². The van der Waals surface area contributed by atoms with Crippen LogP contribution < -0.4 is 10.6 Å². The van der Waals surface area contributed by atoms with Gasteiger partial charge in [-0.3, -0.25) is 9.59 Å². The second-order valence-corrected chi connectivity index (χ2v) is 5.43. The summed E-state index contributed by atoms with van der Waals surface area (Å²) < 4.78 is 0. The van der Waals surface area contributed by atoms with Crippen LogP contribution in [-0.4, -0.2) is 24.0 Å². The third-order valence-electron chi connectivity index (χ3n) is 3.20. The monoisotopic (exact) mass is 273 g/mol. The van der Waals surface area contributed by atoms with Crippen molar-refractivity contribution in [3.05, 3.63) is 34.2 Å². The Hall–Kier alpha value is -2.08. The lowest BCUT2D eigenvalue weighted by atomic mass is 10.0. The van der Waals surface area contributed by atoms with Crippen LogP contribution in [0.2, 0.25) is 0 Å². The summed E-state index contributed by atoms with van der Waals surface area (Å²) in [4.78, 5) is 29.7. The van der Waals surface area contributed by atoms with Crippen LogP contribution in [-0.2, 0) is 9.59 Å². The number of rotatable bonds is 0. The lowest BCUT2D eigenvalue weighted by Crippen LogP contribution is -2.21. The van der Waals surface area contributed by atoms with Crippen molar-refractivity contribution in [2.75, 3.05) is 11.9 Å². The molecule has 0 radical (unpaired) electrons. The van der Waals surface area contributed by atoms with Gasteiger partial charge in [-0.15, -0.1) is 0 Å². The molecule has 2 aliphatic heterocycles. The summed E-state index contributed by atoms with van der Waals surface area (Å²) in [6, 6.07) is 5.65. The van der Waals surface area contributed by atoms with Gasteiger partial charge in [0.15, 0.2) is 5.17 Å². The van der Waals surface area contributed by atoms with E-state index >= 15 is 0 Å². The van der Waals surface area contributed by atoms with Gasteiger partial charge in [-0.1, -0.05) is 18.2 Å². The van der Waals surface area contributed by atoms with Crippen LogP contribution in [0, 0.1) is 6.92 Å². The fraction of sp³-hybridized carbons (Fsp3) is 0.154. The summed E-state index contributed by atoms with van der Waals surface area (Å²) in [5, 5.41) is 0.184. The molecule has 0 unspecified atom stereocenters. The molecule has 2 heterocycles. The number of amides is 2. The Balaban J connectivity index is 2.27. The van der Waals surface area contributed by atoms with Gasteiger partial charge in [-0.25, -0.2) is 0 Å². The van der Waals surface area contributed by atoms with Gasteiger partial charge in [0.05, 0.1) is 16.2 Å². The molecule has 0 fully saturated rings. The summed E-state index contributed by atoms with van der Waals surface area (Å²) in [6.07, 6.45) is 0. The molecule has 5 nitrogen and oxygen atoms in total. The number of nitrogens with zero attached hydrogens (tertiary/aromatic N) is 2. The molecule has 0 saturated heterocycles. The minimum atomic E-state index is -0.436. The number of hydrogen-bond acceptors (Lipinski definition) is 4. The number of likely N-dealkylation sites (N-methyl/N-ethyl adjacent to an activating group) is 1. The Kier molecular flexibility index (Phi) is 2.50. The second kappa shape index (κ2) is 3.96. The van der Waals surface area contributed by atoms with Gasteiger partial charge in [0, 0.05) is 12.6 Å². The number of aliphatic imine (C=N–C) groups is 1. The van der Waals surface area contributed by atoms with Crippen molar-refractivity contribution < 1.29 is 9.59 Å². The maximum Gasteiger partial charge on any atom is 0.287 e. The smallest absolute Gasteiger partial charge is 0.287 e. The van der Waals surface area contributed by atoms with Gasteiger partial charge in [0.1, 0.15) is 0 Å². The molecular formula is C13H11N3O2S. The van der Waals surface area contributed by atoms with Crippen LogP contribution in [0.25, 0.3) is 5.57 Å². The number of aryl methyl sites for hydroxylation is 1. The molecule has 0 bridgehead atoms. The van der Waals surface area contributed by atoms with E-state index in [9.17, 15) is 9.59 Å². The molecule has 2 amide bonds. The molecule has 0 aromatic heterocycles. The van der Waals surface area contributed by atoms with Crippen molar-refractivity contribution >= 4 is 40.0 Å². The number of fused-ring (bicyclic) bond motifs is 1. The van der Waals surface area contributed by atoms with E-state index in [-0.39, 0.29) is 11.1 Å². The van der Waals surface area contributed by atoms with Crippen LogP contribution in [0.3, 0.4) is 0 Å². The molecule has 0 atom stereocenters. The van der Waals surface area contributed by atoms with Crippen LogP contribution >= 0.6 is 11.8 Å². The highest BCUT2D eigenvalue weighted by atomic mass is 32.2. The van der Waals surface area contributed by atoms with Gasteiger partial charge in [0.25, 0.3) is 11.8 Å². The molecule has 3 rings (SSSR count). The average Bonchev–Trinajstić information content (AvgIpc) is 2.79. The number of benzene rings is 1. The fourth-order valence-electron chi connectivity index (χ4n) is 2.39. The highest BCUT2D eigenvalue weighted by molar-refractivity contribution is 8.18. The maximum absolute atomic E-state index is 12.4. The normalized spacial score (nSPS) is 22.0. The van der Waals surface area contributed by atoms with Crippen LogP contribution in [0.1, 0.15) is 11.1 Å². The fourth-order valence-corrected chi connectivity index (χ4v) is 3.16. The van der Waals surface area contributed by atoms with Crippen molar-refractivity contribution in [1.82, 2.24) is 0 Å². The Morgan fingerprint density at radius 3 is 2.68 bits per heavy atom. The van der Waals surface area contributed by atoms with Crippen molar-refractivity contribution in [3.63, 3.8) is 0 Å². The minimum absolute atomic E-state index is 0.184. The molecule has 2 aliphatic rings. The average molecular weight is 273 g/mol. The Bertz CT molecular complexity index is 691. The first kappa shape index (κ1) is 12.0. The molecule has 96 valence electrons. The predicted molar refractivity (Wildman–Crippen MR) is 75.7 cm³/mol. The minimum Gasteiger partial charge on any atom is -0.378 e. The van der Waals surface area contributed by atoms with E-state index in [2.05, 4.69) is 4.99 Å². The number of carbonyl (C=O) groups excluding carboxylic acids is 2. The molecule has 19 heavy (non-hydrogen) atoms. The van der Waals surface area contributed by atoms with Crippen molar-refractivity contribution in [2.24, 2.45) is 10.7 Å². The standard InChI is InChI=1S/C13H11N3O2S/c1-6-4-3-5-7-8(12(18)16(2)9(6)7)10-11(17)15-13(14)19-10/h3-5H,1-2H3,(H2,14,15,17)/b10-8-. The second-order valence-electron chi connectivity index (χ2n) is 4.40. The number of anilines is 1. The van der Waals surface area contributed by atoms with E-state index in [0.29, 0.717) is 10.5 Å². The molecule has 1 aromatic rings. The van der Waals surface area contributed by atoms with E-state index in [4.69, 9.17) is 5.73 Å². The topological polar surface area (TPSA) is 75.8 Å². The van der Waals surface area contributed by atoms with E-state index in [1.54, 1.807) is 11.9 Å². The third-order valence-corrected chi connectivity index (χ3v) is 4.08. The van der Waals surface area contributed by atoms with Crippen LogP contribution in [0.5, 0.6) is 0 Å². The predicted octanol–water partition coefficient (Wildman–Crippen LogP) is 1.27. The third kappa shape index (κ3) is 1.60. The molecular weight excluding hydrogens is 262 g/mol. The number of carbonyl (C=O) groups is 2. The van der Waals surface area contributed by atoms with Crippen molar-refractivity contribution in [3.8, 4) is 0 Å². The molecule has 2 N–H and O–H groups in total. The van der Waals surface area contributed by atoms with Gasteiger partial charge in [-0.05, 0) is 24.2 Å². The first-order chi connectivity index (χ1) is 9.00. The number of nitrogens with two attached hydrogens (primary N) is 1. The van der Waals surface area contributed by atoms with E-state index < -0.39 is 5.91 Å². The largest absolute Gasteiger partial charge is 0.378 e. The Labute approximate surface area is 114 Å². The lowest BCUT2D eigenvalue weighted by molar-refractivity contribution is -0.115. The highest BCUT2D eigenvalue weighted by Gasteiger charge is 2.37. The summed E-state index contributed by atoms with van der Waals surface area (Å²) in [5.41, 5.74) is 8.56. The number of para-hydroxylation sites is 1. The SMILES string of the molecule is Cc1cccc2c1N(C)C(=O)/C2=C1\SC(N)=NC1=O. The number of hydrogen-bond donors (Lipinski definition) is 1. The zero-order valence-electron chi connectivity index (χ0n) is 10.4. The Morgan fingerprint density at radius 2 is 2.05 bits per heavy atom. The number of thioether (sulfide) groups is 1. The molecule has 0 aliphatic carbocycles. The van der Waals surface area contributed by atoms with Crippen LogP contribution in [0.15, 0.2) is 28.1 Å². The van der Waals surface area contributed by atoms with E-state index in [1.807, 2.05) is 25.1 Å². The van der Waals surface area contributed by atoms with Gasteiger partial charge < -0.3 is 10.6 Å². The summed E-state index contributed by atoms with van der Waals surface area (Å²) >= 11 is 1.06. The summed E-state index contributed by atoms with van der Waals surface area (Å²) in [5.74, 6) is -0.626. The first-order valence-corrected chi connectivity index (χ1v) is 6.51. The van der Waals surface area contributed by atoms with Gasteiger partial charge in [-0.2, -0.15) is 4.99 Å². The van der Waals surface area contributed by atoms with E-state index in [1.165, 1.54) is 0 Å². The zero-order chi connectivity index (χ0) is 13.7. The van der Waals surface area contributed by atoms with Crippen molar-refractivity contribution in [1.29, 1.82) is 0 Å². The van der Waals surface area contributed by atoms with E-state index in [0.717, 1.165) is 28.6 Å². The molecule has 0 saturated carbocycles. The first-order valence-electron chi connectivity index (χ1n) is 5.69. The summed E-state index contributed by atoms with van der Waals surface area (Å²) in [6.45, 7) is 1.94. The van der Waals surface area contributed by atoms with Gasteiger partial charge in [0.2, 0.25) is 0 Å². The highest BCUT2D eigenvalue weighted by Crippen LogP contribution is 2.43.